The van der Waals surface area contributed by atoms with E-state index in [1.165, 1.54) is 5.56 Å². The first-order valence-electron chi connectivity index (χ1n) is 7.19. The predicted octanol–water partition coefficient (Wildman–Crippen LogP) is 3.09. The van der Waals surface area contributed by atoms with Crippen molar-refractivity contribution in [1.82, 2.24) is 9.97 Å². The summed E-state index contributed by atoms with van der Waals surface area (Å²) in [4.78, 5) is 8.66. The van der Waals surface area contributed by atoms with E-state index in [1.807, 2.05) is 30.3 Å². The topological polar surface area (TPSA) is 70.1 Å². The molecular formula is C17H18N4O. The first kappa shape index (κ1) is 14.3. The molecule has 1 heterocycles. The molecule has 5 nitrogen and oxygen atoms in total. The van der Waals surface area contributed by atoms with Gasteiger partial charge in [-0.15, -0.1) is 0 Å². The van der Waals surface area contributed by atoms with E-state index in [-0.39, 0.29) is 6.61 Å². The van der Waals surface area contributed by atoms with Crippen LogP contribution in [-0.4, -0.2) is 28.2 Å². The fraction of sp³-hybridized carbons (Fsp3) is 0.176. The maximum atomic E-state index is 8.87. The minimum absolute atomic E-state index is 0.0992. The Kier molecular flexibility index (Phi) is 4.16. The monoisotopic (exact) mass is 294 g/mol. The van der Waals surface area contributed by atoms with Gasteiger partial charge in [0.25, 0.3) is 0 Å². The van der Waals surface area contributed by atoms with E-state index in [4.69, 9.17) is 5.11 Å². The van der Waals surface area contributed by atoms with Gasteiger partial charge >= 0.3 is 0 Å². The van der Waals surface area contributed by atoms with Crippen LogP contribution in [0.2, 0.25) is 0 Å². The first-order valence-corrected chi connectivity index (χ1v) is 7.19. The van der Waals surface area contributed by atoms with E-state index in [0.717, 1.165) is 28.1 Å². The molecule has 0 saturated heterocycles. The van der Waals surface area contributed by atoms with E-state index >= 15 is 0 Å². The van der Waals surface area contributed by atoms with E-state index in [1.54, 1.807) is 6.33 Å². The third-order valence-corrected chi connectivity index (χ3v) is 3.36. The number of nitrogens with one attached hydrogen (secondary N) is 2. The molecule has 0 atom stereocenters. The number of aliphatic hydroxyl groups excluding tert-OH is 1. The molecule has 3 rings (SSSR count). The Bertz CT molecular complexity index is 788. The molecule has 112 valence electrons. The highest BCUT2D eigenvalue weighted by molar-refractivity contribution is 5.92. The minimum Gasteiger partial charge on any atom is -0.395 e. The molecule has 2 aromatic carbocycles. The van der Waals surface area contributed by atoms with Crippen LogP contribution in [-0.2, 0) is 0 Å². The van der Waals surface area contributed by atoms with Gasteiger partial charge < -0.3 is 15.7 Å². The number of benzene rings is 2. The summed E-state index contributed by atoms with van der Waals surface area (Å²) in [6.07, 6.45) is 1.55. The molecule has 3 aromatic rings. The number of aromatic nitrogens is 2. The third-order valence-electron chi connectivity index (χ3n) is 3.36. The maximum Gasteiger partial charge on any atom is 0.141 e. The average molecular weight is 294 g/mol. The highest BCUT2D eigenvalue weighted by atomic mass is 16.3. The second kappa shape index (κ2) is 6.41. The lowest BCUT2D eigenvalue weighted by atomic mass is 10.2. The van der Waals surface area contributed by atoms with Crippen molar-refractivity contribution in [2.45, 2.75) is 6.92 Å². The van der Waals surface area contributed by atoms with Crippen LogP contribution in [0.25, 0.3) is 10.9 Å². The SMILES string of the molecule is Cc1cccc(Nc2ncnc3cc(NCCO)ccc23)c1. The number of anilines is 3. The van der Waals surface area contributed by atoms with Crippen molar-refractivity contribution in [2.75, 3.05) is 23.8 Å². The maximum absolute atomic E-state index is 8.87. The van der Waals surface area contributed by atoms with Crippen LogP contribution in [0, 0.1) is 6.92 Å². The fourth-order valence-electron chi connectivity index (χ4n) is 2.33. The third kappa shape index (κ3) is 3.15. The van der Waals surface area contributed by atoms with E-state index in [2.05, 4.69) is 39.7 Å². The number of aliphatic hydroxyl groups is 1. The Balaban J connectivity index is 1.93. The molecule has 0 aliphatic carbocycles. The number of nitrogens with zero attached hydrogens (tertiary/aromatic N) is 2. The summed E-state index contributed by atoms with van der Waals surface area (Å²) in [5, 5.41) is 16.3. The second-order valence-corrected chi connectivity index (χ2v) is 5.10. The first-order chi connectivity index (χ1) is 10.8. The summed E-state index contributed by atoms with van der Waals surface area (Å²) in [7, 11) is 0. The van der Waals surface area contributed by atoms with Crippen LogP contribution in [0.5, 0.6) is 0 Å². The number of hydrogen-bond donors (Lipinski definition) is 3. The molecule has 0 saturated carbocycles. The summed E-state index contributed by atoms with van der Waals surface area (Å²) in [5.41, 5.74) is 3.98. The molecule has 22 heavy (non-hydrogen) atoms. The highest BCUT2D eigenvalue weighted by Gasteiger charge is 2.05. The standard InChI is InChI=1S/C17H18N4O/c1-12-3-2-4-14(9-12)21-17-15-6-5-13(18-7-8-22)10-16(15)19-11-20-17/h2-6,9-11,18,22H,7-8H2,1H3,(H,19,20,21). The van der Waals surface area contributed by atoms with Crippen LogP contribution in [0.3, 0.4) is 0 Å². The normalized spacial score (nSPS) is 10.6. The molecule has 0 spiro atoms. The second-order valence-electron chi connectivity index (χ2n) is 5.10. The molecule has 0 aliphatic rings. The number of fused-ring (bicyclic) bond motifs is 1. The molecule has 0 unspecified atom stereocenters. The van der Waals surface area contributed by atoms with E-state index in [0.29, 0.717) is 6.54 Å². The Hall–Kier alpha value is -2.66. The quantitative estimate of drug-likeness (QED) is 0.674. The van der Waals surface area contributed by atoms with Gasteiger partial charge in [0.2, 0.25) is 0 Å². The Labute approximate surface area is 129 Å². The van der Waals surface area contributed by atoms with Crippen molar-refractivity contribution in [1.29, 1.82) is 0 Å². The van der Waals surface area contributed by atoms with Crippen molar-refractivity contribution < 1.29 is 5.11 Å². The number of hydrogen-bond acceptors (Lipinski definition) is 5. The van der Waals surface area contributed by atoms with Crippen LogP contribution < -0.4 is 10.6 Å². The van der Waals surface area contributed by atoms with Crippen LogP contribution in [0.15, 0.2) is 48.8 Å². The van der Waals surface area contributed by atoms with Crippen molar-refractivity contribution in [3.63, 3.8) is 0 Å². The lowest BCUT2D eigenvalue weighted by Gasteiger charge is -2.10. The Morgan fingerprint density at radius 1 is 1.05 bits per heavy atom. The van der Waals surface area contributed by atoms with Gasteiger partial charge in [-0.1, -0.05) is 12.1 Å². The van der Waals surface area contributed by atoms with Gasteiger partial charge in [0.1, 0.15) is 12.1 Å². The minimum atomic E-state index is 0.0992. The molecule has 3 N–H and O–H groups in total. The van der Waals surface area contributed by atoms with Gasteiger partial charge in [-0.2, -0.15) is 0 Å². The van der Waals surface area contributed by atoms with E-state index in [9.17, 15) is 0 Å². The smallest absolute Gasteiger partial charge is 0.141 e. The highest BCUT2D eigenvalue weighted by Crippen LogP contribution is 2.25. The summed E-state index contributed by atoms with van der Waals surface area (Å²) in [5.74, 6) is 0.782. The molecule has 0 aliphatic heterocycles. The Morgan fingerprint density at radius 2 is 1.95 bits per heavy atom. The Morgan fingerprint density at radius 3 is 2.77 bits per heavy atom. The fourth-order valence-corrected chi connectivity index (χ4v) is 2.33. The zero-order chi connectivity index (χ0) is 15.4. The number of aryl methyl sites for hydroxylation is 1. The summed E-state index contributed by atoms with van der Waals surface area (Å²) in [6.45, 7) is 2.68. The van der Waals surface area contributed by atoms with Crippen molar-refractivity contribution in [3.8, 4) is 0 Å². The number of rotatable bonds is 5. The average Bonchev–Trinajstić information content (AvgIpc) is 2.53. The molecule has 0 fully saturated rings. The largest absolute Gasteiger partial charge is 0.395 e. The van der Waals surface area contributed by atoms with Gasteiger partial charge in [0.05, 0.1) is 12.1 Å². The van der Waals surface area contributed by atoms with Crippen molar-refractivity contribution in [2.24, 2.45) is 0 Å². The van der Waals surface area contributed by atoms with Gasteiger partial charge in [0, 0.05) is 23.3 Å². The van der Waals surface area contributed by atoms with Crippen LogP contribution >= 0.6 is 0 Å². The molecule has 0 radical (unpaired) electrons. The van der Waals surface area contributed by atoms with Crippen LogP contribution in [0.1, 0.15) is 5.56 Å². The summed E-state index contributed by atoms with van der Waals surface area (Å²) in [6, 6.07) is 14.0. The summed E-state index contributed by atoms with van der Waals surface area (Å²) >= 11 is 0. The zero-order valence-corrected chi connectivity index (χ0v) is 12.4. The lowest BCUT2D eigenvalue weighted by molar-refractivity contribution is 0.311. The lowest BCUT2D eigenvalue weighted by Crippen LogP contribution is -2.05. The van der Waals surface area contributed by atoms with E-state index < -0.39 is 0 Å². The van der Waals surface area contributed by atoms with Crippen LogP contribution in [0.4, 0.5) is 17.2 Å². The zero-order valence-electron chi connectivity index (χ0n) is 12.4. The molecule has 1 aromatic heterocycles. The van der Waals surface area contributed by atoms with Gasteiger partial charge in [0.15, 0.2) is 0 Å². The van der Waals surface area contributed by atoms with Gasteiger partial charge in [-0.05, 0) is 42.8 Å². The van der Waals surface area contributed by atoms with Gasteiger partial charge in [-0.25, -0.2) is 9.97 Å². The molecule has 0 amide bonds. The molecule has 0 bridgehead atoms. The predicted molar refractivity (Wildman–Crippen MR) is 89.6 cm³/mol. The van der Waals surface area contributed by atoms with Crippen molar-refractivity contribution >= 4 is 28.1 Å². The van der Waals surface area contributed by atoms with Crippen molar-refractivity contribution in [3.05, 3.63) is 54.4 Å². The summed E-state index contributed by atoms with van der Waals surface area (Å²) < 4.78 is 0. The molecular weight excluding hydrogens is 276 g/mol. The molecule has 5 heteroatoms. The van der Waals surface area contributed by atoms with Gasteiger partial charge in [-0.3, -0.25) is 0 Å².